The second-order valence-electron chi connectivity index (χ2n) is 7.87. The predicted octanol–water partition coefficient (Wildman–Crippen LogP) is 4.66. The number of aromatic nitrogens is 2. The third-order valence-corrected chi connectivity index (χ3v) is 5.22. The van der Waals surface area contributed by atoms with Gasteiger partial charge in [-0.15, -0.1) is 0 Å². The van der Waals surface area contributed by atoms with Crippen LogP contribution in [0.15, 0.2) is 59.6 Å². The van der Waals surface area contributed by atoms with Gasteiger partial charge in [-0.25, -0.2) is 0 Å². The largest absolute Gasteiger partial charge is 0.496 e. The maximum absolute atomic E-state index is 5.88. The SMILES string of the molecule is COc1ccccc1C=Cc1cc(C=Cc2ccccc2OC)nc(OCCCCCN=C(N)N)n1. The van der Waals surface area contributed by atoms with Crippen LogP contribution in [-0.2, 0) is 0 Å². The average molecular weight is 488 g/mol. The van der Waals surface area contributed by atoms with Crippen molar-refractivity contribution in [1.29, 1.82) is 0 Å². The summed E-state index contributed by atoms with van der Waals surface area (Å²) in [6, 6.07) is 17.8. The molecule has 0 radical (unpaired) electrons. The third-order valence-electron chi connectivity index (χ3n) is 5.22. The van der Waals surface area contributed by atoms with Crippen LogP contribution in [0.1, 0.15) is 41.8 Å². The molecular formula is C28H33N5O3. The Kier molecular flexibility index (Phi) is 10.3. The topological polar surface area (TPSA) is 118 Å². The van der Waals surface area contributed by atoms with E-state index in [-0.39, 0.29) is 5.96 Å². The van der Waals surface area contributed by atoms with Crippen LogP contribution < -0.4 is 25.7 Å². The van der Waals surface area contributed by atoms with Crippen molar-refractivity contribution < 1.29 is 14.2 Å². The Bertz CT molecular complexity index is 1130. The molecule has 0 saturated carbocycles. The summed E-state index contributed by atoms with van der Waals surface area (Å²) in [7, 11) is 3.31. The summed E-state index contributed by atoms with van der Waals surface area (Å²) in [5, 5.41) is 0. The molecule has 188 valence electrons. The van der Waals surface area contributed by atoms with Crippen molar-refractivity contribution in [2.75, 3.05) is 27.4 Å². The first-order valence-electron chi connectivity index (χ1n) is 11.8. The van der Waals surface area contributed by atoms with E-state index >= 15 is 0 Å². The highest BCUT2D eigenvalue weighted by atomic mass is 16.5. The van der Waals surface area contributed by atoms with Crippen LogP contribution in [0.25, 0.3) is 24.3 Å². The zero-order valence-corrected chi connectivity index (χ0v) is 20.8. The molecule has 1 heterocycles. The Hall–Kier alpha value is -4.33. The average Bonchev–Trinajstić information content (AvgIpc) is 2.90. The van der Waals surface area contributed by atoms with Gasteiger partial charge in [0, 0.05) is 17.7 Å². The van der Waals surface area contributed by atoms with E-state index in [0.717, 1.165) is 53.3 Å². The quantitative estimate of drug-likeness (QED) is 0.205. The van der Waals surface area contributed by atoms with E-state index < -0.39 is 0 Å². The highest BCUT2D eigenvalue weighted by molar-refractivity contribution is 5.76. The molecule has 0 atom stereocenters. The Morgan fingerprint density at radius 2 is 1.33 bits per heavy atom. The summed E-state index contributed by atoms with van der Waals surface area (Å²) in [5.74, 6) is 1.69. The lowest BCUT2D eigenvalue weighted by molar-refractivity contribution is 0.282. The lowest BCUT2D eigenvalue weighted by Gasteiger charge is -2.07. The summed E-state index contributed by atoms with van der Waals surface area (Å²) in [6.45, 7) is 1.11. The summed E-state index contributed by atoms with van der Waals surface area (Å²) >= 11 is 0. The predicted molar refractivity (Wildman–Crippen MR) is 146 cm³/mol. The summed E-state index contributed by atoms with van der Waals surface area (Å²) in [4.78, 5) is 13.1. The van der Waals surface area contributed by atoms with Gasteiger partial charge in [0.2, 0.25) is 0 Å². The number of benzene rings is 2. The Morgan fingerprint density at radius 1 is 0.778 bits per heavy atom. The first-order valence-corrected chi connectivity index (χ1v) is 11.8. The number of rotatable bonds is 13. The highest BCUT2D eigenvalue weighted by Crippen LogP contribution is 2.22. The molecule has 8 heteroatoms. The number of nitrogens with zero attached hydrogens (tertiary/aromatic N) is 3. The van der Waals surface area contributed by atoms with Gasteiger partial charge in [0.05, 0.1) is 32.2 Å². The zero-order chi connectivity index (χ0) is 25.6. The number of unbranched alkanes of at least 4 members (excludes halogenated alkanes) is 2. The number of ether oxygens (including phenoxy) is 3. The standard InChI is InChI=1S/C28H33N5O3/c1-34-25-12-6-4-10-21(25)14-16-23-20-24(17-15-22-11-5-7-13-26(22)35-2)33-28(32-23)36-19-9-3-8-18-31-27(29)30/h4-7,10-17,20H,3,8-9,18-19H2,1-2H3,(H4,29,30,31). The smallest absolute Gasteiger partial charge is 0.317 e. The number of hydrogen-bond donors (Lipinski definition) is 2. The van der Waals surface area contributed by atoms with Gasteiger partial charge in [0.1, 0.15) is 11.5 Å². The number of methoxy groups -OCH3 is 2. The molecule has 3 rings (SSSR count). The van der Waals surface area contributed by atoms with Gasteiger partial charge >= 0.3 is 6.01 Å². The summed E-state index contributed by atoms with van der Waals surface area (Å²) in [5.41, 5.74) is 14.1. The molecule has 1 aromatic heterocycles. The normalized spacial score (nSPS) is 11.1. The molecule has 3 aromatic rings. The van der Waals surface area contributed by atoms with Gasteiger partial charge in [-0.1, -0.05) is 36.4 Å². The molecule has 0 spiro atoms. The maximum Gasteiger partial charge on any atom is 0.317 e. The molecule has 0 aliphatic rings. The van der Waals surface area contributed by atoms with Crippen LogP contribution >= 0.6 is 0 Å². The van der Waals surface area contributed by atoms with Crippen LogP contribution in [0.4, 0.5) is 0 Å². The van der Waals surface area contributed by atoms with Crippen molar-refractivity contribution in [1.82, 2.24) is 9.97 Å². The molecule has 8 nitrogen and oxygen atoms in total. The van der Waals surface area contributed by atoms with Crippen LogP contribution in [0, 0.1) is 0 Å². The molecule has 0 unspecified atom stereocenters. The monoisotopic (exact) mass is 487 g/mol. The van der Waals surface area contributed by atoms with Crippen molar-refractivity contribution in [2.24, 2.45) is 16.5 Å². The van der Waals surface area contributed by atoms with Crippen molar-refractivity contribution >= 4 is 30.3 Å². The molecule has 0 aliphatic carbocycles. The molecule has 0 fully saturated rings. The minimum absolute atomic E-state index is 0.117. The summed E-state index contributed by atoms with van der Waals surface area (Å²) < 4.78 is 16.8. The highest BCUT2D eigenvalue weighted by Gasteiger charge is 2.05. The van der Waals surface area contributed by atoms with Crippen LogP contribution in [-0.4, -0.2) is 43.3 Å². The van der Waals surface area contributed by atoms with Crippen molar-refractivity contribution in [3.8, 4) is 17.5 Å². The Labute approximate surface area is 212 Å². The number of aliphatic imine (C=N–C) groups is 1. The van der Waals surface area contributed by atoms with Gasteiger partial charge in [-0.05, 0) is 61.8 Å². The van der Waals surface area contributed by atoms with E-state index in [1.54, 1.807) is 14.2 Å². The Balaban J connectivity index is 1.77. The Morgan fingerprint density at radius 3 is 1.86 bits per heavy atom. The fraction of sp³-hybridized carbons (Fsp3) is 0.250. The zero-order valence-electron chi connectivity index (χ0n) is 20.8. The lowest BCUT2D eigenvalue weighted by atomic mass is 10.1. The molecule has 0 amide bonds. The molecule has 0 aliphatic heterocycles. The van der Waals surface area contributed by atoms with Gasteiger partial charge in [-0.3, -0.25) is 4.99 Å². The lowest BCUT2D eigenvalue weighted by Crippen LogP contribution is -2.22. The van der Waals surface area contributed by atoms with E-state index in [9.17, 15) is 0 Å². The van der Waals surface area contributed by atoms with Gasteiger partial charge < -0.3 is 25.7 Å². The molecule has 0 saturated heterocycles. The molecule has 4 N–H and O–H groups in total. The molecule has 36 heavy (non-hydrogen) atoms. The fourth-order valence-corrected chi connectivity index (χ4v) is 3.42. The van der Waals surface area contributed by atoms with E-state index in [0.29, 0.717) is 19.2 Å². The molecule has 2 aromatic carbocycles. The first-order chi connectivity index (χ1) is 17.6. The van der Waals surface area contributed by atoms with Crippen LogP contribution in [0.3, 0.4) is 0 Å². The van der Waals surface area contributed by atoms with Gasteiger partial charge in [-0.2, -0.15) is 9.97 Å². The maximum atomic E-state index is 5.88. The second-order valence-corrected chi connectivity index (χ2v) is 7.87. The minimum Gasteiger partial charge on any atom is -0.496 e. The van der Waals surface area contributed by atoms with Crippen LogP contribution in [0.5, 0.6) is 17.5 Å². The van der Waals surface area contributed by atoms with E-state index in [1.807, 2.05) is 78.9 Å². The number of para-hydroxylation sites is 2. The fourth-order valence-electron chi connectivity index (χ4n) is 3.42. The molecule has 0 bridgehead atoms. The number of nitrogens with two attached hydrogens (primary N) is 2. The van der Waals surface area contributed by atoms with Crippen molar-refractivity contribution in [3.05, 3.63) is 77.1 Å². The van der Waals surface area contributed by atoms with E-state index in [1.165, 1.54) is 0 Å². The van der Waals surface area contributed by atoms with Crippen molar-refractivity contribution in [2.45, 2.75) is 19.3 Å². The van der Waals surface area contributed by atoms with Crippen LogP contribution in [0.2, 0.25) is 0 Å². The first kappa shape index (κ1) is 26.3. The minimum atomic E-state index is 0.117. The second kappa shape index (κ2) is 14.2. The molecular weight excluding hydrogens is 454 g/mol. The van der Waals surface area contributed by atoms with Gasteiger partial charge in [0.15, 0.2) is 5.96 Å². The number of hydrogen-bond acceptors (Lipinski definition) is 6. The number of guanidine groups is 1. The van der Waals surface area contributed by atoms with Crippen molar-refractivity contribution in [3.63, 3.8) is 0 Å². The van der Waals surface area contributed by atoms with E-state index in [4.69, 9.17) is 25.7 Å². The summed E-state index contributed by atoms with van der Waals surface area (Å²) in [6.07, 6.45) is 10.4. The third kappa shape index (κ3) is 8.47. The van der Waals surface area contributed by atoms with Gasteiger partial charge in [0.25, 0.3) is 0 Å². The van der Waals surface area contributed by atoms with E-state index in [2.05, 4.69) is 15.0 Å².